The fourth-order valence-electron chi connectivity index (χ4n) is 2.08. The molecule has 0 spiro atoms. The van der Waals surface area contributed by atoms with Crippen molar-refractivity contribution >= 4 is 17.2 Å². The molecule has 1 saturated carbocycles. The lowest BCUT2D eigenvalue weighted by Gasteiger charge is -2.08. The van der Waals surface area contributed by atoms with Gasteiger partial charge in [0.25, 0.3) is 5.91 Å². The largest absolute Gasteiger partial charge is 0.350 e. The third-order valence-corrected chi connectivity index (χ3v) is 4.32. The summed E-state index contributed by atoms with van der Waals surface area (Å²) in [4.78, 5) is 16.6. The average Bonchev–Trinajstić information content (AvgIpc) is 3.16. The van der Waals surface area contributed by atoms with E-state index in [1.165, 1.54) is 17.8 Å². The van der Waals surface area contributed by atoms with Crippen molar-refractivity contribution in [2.24, 2.45) is 0 Å². The van der Waals surface area contributed by atoms with E-state index in [1.54, 1.807) is 11.3 Å². The molecule has 1 aliphatic carbocycles. The molecule has 0 atom stereocenters. The van der Waals surface area contributed by atoms with Crippen LogP contribution in [-0.2, 0) is 0 Å². The van der Waals surface area contributed by atoms with Crippen LogP contribution in [-0.4, -0.2) is 16.9 Å². The number of rotatable bonds is 4. The first kappa shape index (κ1) is 13.3. The van der Waals surface area contributed by atoms with Crippen LogP contribution in [0.15, 0.2) is 29.6 Å². The van der Waals surface area contributed by atoms with E-state index in [-0.39, 0.29) is 11.9 Å². The van der Waals surface area contributed by atoms with Gasteiger partial charge in [0.1, 0.15) is 0 Å². The predicted molar refractivity (Wildman–Crippen MR) is 82.1 cm³/mol. The summed E-state index contributed by atoms with van der Waals surface area (Å²) in [5.41, 5.74) is 2.79. The Morgan fingerprint density at radius 2 is 2.00 bits per heavy atom. The van der Waals surface area contributed by atoms with Crippen molar-refractivity contribution in [3.05, 3.63) is 40.2 Å². The monoisotopic (exact) mass is 286 g/mol. The molecule has 2 aromatic rings. The predicted octanol–water partition coefficient (Wildman–Crippen LogP) is 3.83. The van der Waals surface area contributed by atoms with Gasteiger partial charge in [0.15, 0.2) is 0 Å². The molecule has 1 heterocycles. The fraction of sp³-hybridized carbons (Fsp3) is 0.375. The molecule has 0 aliphatic heterocycles. The molecular weight excluding hydrogens is 268 g/mol. The Balaban J connectivity index is 1.76. The van der Waals surface area contributed by atoms with Gasteiger partial charge in [-0.05, 0) is 38.8 Å². The number of aromatic nitrogens is 1. The van der Waals surface area contributed by atoms with Gasteiger partial charge in [-0.2, -0.15) is 0 Å². The molecule has 1 N–H and O–H groups in total. The Kier molecular flexibility index (Phi) is 3.57. The number of hydrogen-bond acceptors (Lipinski definition) is 3. The van der Waals surface area contributed by atoms with Crippen LogP contribution in [0.4, 0.5) is 0 Å². The van der Waals surface area contributed by atoms with E-state index in [4.69, 9.17) is 0 Å². The summed E-state index contributed by atoms with van der Waals surface area (Å²) in [6.45, 7) is 3.92. The minimum atomic E-state index is -0.0245. The van der Waals surface area contributed by atoms with Crippen molar-refractivity contribution < 1.29 is 4.79 Å². The first-order valence-corrected chi connectivity index (χ1v) is 7.88. The van der Waals surface area contributed by atoms with Crippen LogP contribution < -0.4 is 5.32 Å². The van der Waals surface area contributed by atoms with Gasteiger partial charge >= 0.3 is 0 Å². The molecule has 20 heavy (non-hydrogen) atoms. The summed E-state index contributed by atoms with van der Waals surface area (Å²) >= 11 is 1.74. The van der Waals surface area contributed by atoms with E-state index in [0.717, 1.165) is 11.3 Å². The number of amides is 1. The summed E-state index contributed by atoms with van der Waals surface area (Å²) in [7, 11) is 0. The molecule has 0 unspecified atom stereocenters. The van der Waals surface area contributed by atoms with E-state index in [2.05, 4.69) is 15.7 Å². The first-order chi connectivity index (χ1) is 9.63. The second-order valence-electron chi connectivity index (χ2n) is 5.55. The number of thiazole rings is 1. The van der Waals surface area contributed by atoms with Gasteiger partial charge < -0.3 is 5.32 Å². The quantitative estimate of drug-likeness (QED) is 0.928. The van der Waals surface area contributed by atoms with Crippen LogP contribution in [0, 0.1) is 0 Å². The highest BCUT2D eigenvalue weighted by molar-refractivity contribution is 7.10. The molecule has 104 valence electrons. The molecule has 1 aromatic carbocycles. The lowest BCUT2D eigenvalue weighted by Crippen LogP contribution is -2.29. The Hall–Kier alpha value is -1.68. The van der Waals surface area contributed by atoms with Crippen LogP contribution in [0.1, 0.15) is 48.0 Å². The Morgan fingerprint density at radius 1 is 1.30 bits per heavy atom. The van der Waals surface area contributed by atoms with Crippen molar-refractivity contribution in [3.8, 4) is 11.3 Å². The molecule has 3 nitrogen and oxygen atoms in total. The third-order valence-electron chi connectivity index (χ3n) is 3.31. The van der Waals surface area contributed by atoms with E-state index < -0.39 is 0 Å². The van der Waals surface area contributed by atoms with E-state index >= 15 is 0 Å². The minimum Gasteiger partial charge on any atom is -0.350 e. The summed E-state index contributed by atoms with van der Waals surface area (Å²) in [6, 6.07) is 7.83. The van der Waals surface area contributed by atoms with Crippen LogP contribution in [0.2, 0.25) is 0 Å². The first-order valence-electron chi connectivity index (χ1n) is 7.00. The van der Waals surface area contributed by atoms with Gasteiger partial charge in [0, 0.05) is 28.5 Å². The van der Waals surface area contributed by atoms with Crippen LogP contribution >= 0.6 is 11.3 Å². The number of nitrogens with zero attached hydrogens (tertiary/aromatic N) is 1. The van der Waals surface area contributed by atoms with Gasteiger partial charge in [-0.15, -0.1) is 11.3 Å². The maximum Gasteiger partial charge on any atom is 0.251 e. The van der Waals surface area contributed by atoms with Crippen molar-refractivity contribution in [2.45, 2.75) is 38.6 Å². The average molecular weight is 286 g/mol. The summed E-state index contributed by atoms with van der Waals surface area (Å²) in [5.74, 6) is 0.674. The zero-order chi connectivity index (χ0) is 14.1. The number of hydrogen-bond donors (Lipinski definition) is 1. The van der Waals surface area contributed by atoms with E-state index in [9.17, 15) is 4.79 Å². The topological polar surface area (TPSA) is 42.0 Å². The zero-order valence-electron chi connectivity index (χ0n) is 11.7. The molecule has 4 heteroatoms. The second-order valence-corrected chi connectivity index (χ2v) is 6.44. The summed E-state index contributed by atoms with van der Waals surface area (Å²) in [5, 5.41) is 6.25. The second kappa shape index (κ2) is 5.37. The smallest absolute Gasteiger partial charge is 0.251 e. The van der Waals surface area contributed by atoms with Gasteiger partial charge in [-0.3, -0.25) is 4.79 Å². The zero-order valence-corrected chi connectivity index (χ0v) is 12.5. The van der Waals surface area contributed by atoms with Gasteiger partial charge in [0.2, 0.25) is 0 Å². The van der Waals surface area contributed by atoms with Crippen molar-refractivity contribution in [1.29, 1.82) is 0 Å². The number of benzene rings is 1. The number of nitrogens with one attached hydrogen (secondary N) is 1. The van der Waals surface area contributed by atoms with Gasteiger partial charge in [-0.25, -0.2) is 4.98 Å². The molecular formula is C16H18N2OS. The molecule has 1 fully saturated rings. The molecule has 1 amide bonds. The molecule has 3 rings (SSSR count). The van der Waals surface area contributed by atoms with E-state index in [0.29, 0.717) is 11.5 Å². The highest BCUT2D eigenvalue weighted by atomic mass is 32.1. The summed E-state index contributed by atoms with van der Waals surface area (Å²) in [6.07, 6.45) is 2.56. The molecule has 1 aliphatic rings. The van der Waals surface area contributed by atoms with Gasteiger partial charge in [0.05, 0.1) is 10.7 Å². The summed E-state index contributed by atoms with van der Waals surface area (Å²) < 4.78 is 0. The molecule has 0 saturated heterocycles. The highest BCUT2D eigenvalue weighted by Gasteiger charge is 2.26. The number of carbonyl (C=O) groups excluding carboxylic acids is 1. The SMILES string of the molecule is CC(C)NC(=O)c1ccc(-c2csc(C3CC3)n2)cc1. The fourth-order valence-corrected chi connectivity index (χ4v) is 3.08. The molecule has 0 radical (unpaired) electrons. The van der Waals surface area contributed by atoms with Crippen LogP contribution in [0.25, 0.3) is 11.3 Å². The Labute approximate surface area is 123 Å². The lowest BCUT2D eigenvalue weighted by molar-refractivity contribution is 0.0943. The van der Waals surface area contributed by atoms with E-state index in [1.807, 2.05) is 38.1 Å². The van der Waals surface area contributed by atoms with Crippen molar-refractivity contribution in [1.82, 2.24) is 10.3 Å². The van der Waals surface area contributed by atoms with Crippen molar-refractivity contribution in [2.75, 3.05) is 0 Å². The maximum absolute atomic E-state index is 11.9. The standard InChI is InChI=1S/C16H18N2OS/c1-10(2)17-15(19)12-5-3-11(4-6-12)14-9-20-16(18-14)13-7-8-13/h3-6,9-10,13H,7-8H2,1-2H3,(H,17,19). The van der Waals surface area contributed by atoms with Crippen molar-refractivity contribution in [3.63, 3.8) is 0 Å². The van der Waals surface area contributed by atoms with Crippen LogP contribution in [0.5, 0.6) is 0 Å². The lowest BCUT2D eigenvalue weighted by atomic mass is 10.1. The number of carbonyl (C=O) groups is 1. The Morgan fingerprint density at radius 3 is 2.60 bits per heavy atom. The van der Waals surface area contributed by atoms with Gasteiger partial charge in [-0.1, -0.05) is 12.1 Å². The minimum absolute atomic E-state index is 0.0245. The normalized spacial score (nSPS) is 14.6. The molecule has 0 bridgehead atoms. The highest BCUT2D eigenvalue weighted by Crippen LogP contribution is 2.42. The maximum atomic E-state index is 11.9. The van der Waals surface area contributed by atoms with Crippen LogP contribution in [0.3, 0.4) is 0 Å². The Bertz CT molecular complexity index is 612. The third kappa shape index (κ3) is 2.90. The molecule has 1 aromatic heterocycles.